The Labute approximate surface area is 153 Å². The van der Waals surface area contributed by atoms with Gasteiger partial charge in [0.2, 0.25) is 5.91 Å². The third-order valence-electron chi connectivity index (χ3n) is 3.37. The van der Waals surface area contributed by atoms with Crippen LogP contribution in [0.5, 0.6) is 0 Å². The fourth-order valence-electron chi connectivity index (χ4n) is 2.25. The number of amides is 2. The number of hydrogen-bond donors (Lipinski definition) is 3. The number of rotatable bonds is 5. The number of primary amides is 1. The summed E-state index contributed by atoms with van der Waals surface area (Å²) < 4.78 is 0. The summed E-state index contributed by atoms with van der Waals surface area (Å²) in [5, 5.41) is 7.12. The van der Waals surface area contributed by atoms with Gasteiger partial charge in [0.15, 0.2) is 5.69 Å². The Hall–Kier alpha value is -3.33. The van der Waals surface area contributed by atoms with Gasteiger partial charge in [-0.15, -0.1) is 11.3 Å². The molecule has 3 rings (SSSR count). The van der Waals surface area contributed by atoms with E-state index in [9.17, 15) is 9.59 Å². The van der Waals surface area contributed by atoms with Crippen molar-refractivity contribution in [3.8, 4) is 0 Å². The summed E-state index contributed by atoms with van der Waals surface area (Å²) in [6.07, 6.45) is 1.57. The van der Waals surface area contributed by atoms with Crippen LogP contribution >= 0.6 is 11.3 Å². The number of aromatic nitrogens is 3. The van der Waals surface area contributed by atoms with Crippen LogP contribution in [-0.4, -0.2) is 26.8 Å². The van der Waals surface area contributed by atoms with Gasteiger partial charge in [-0.2, -0.15) is 0 Å². The second-order valence-electron chi connectivity index (χ2n) is 5.42. The van der Waals surface area contributed by atoms with Crippen molar-refractivity contribution in [2.75, 3.05) is 10.6 Å². The molecule has 2 amide bonds. The van der Waals surface area contributed by atoms with E-state index in [2.05, 4.69) is 25.6 Å². The van der Waals surface area contributed by atoms with Crippen molar-refractivity contribution in [3.63, 3.8) is 0 Å². The van der Waals surface area contributed by atoms with Crippen LogP contribution in [0, 0.1) is 13.8 Å². The summed E-state index contributed by atoms with van der Waals surface area (Å²) in [6, 6.07) is 8.33. The monoisotopic (exact) mass is 368 g/mol. The van der Waals surface area contributed by atoms with Gasteiger partial charge < -0.3 is 16.4 Å². The smallest absolute Gasteiger partial charge is 0.278 e. The van der Waals surface area contributed by atoms with Crippen LogP contribution in [0.25, 0.3) is 0 Å². The van der Waals surface area contributed by atoms with Gasteiger partial charge in [-0.05, 0) is 38.1 Å². The van der Waals surface area contributed by atoms with Crippen molar-refractivity contribution >= 4 is 39.7 Å². The Bertz CT molecular complexity index is 985. The van der Waals surface area contributed by atoms with E-state index in [1.807, 2.05) is 0 Å². The third-order valence-corrected chi connectivity index (χ3v) is 4.26. The maximum Gasteiger partial charge on any atom is 0.278 e. The quantitative estimate of drug-likeness (QED) is 0.636. The number of carbonyl (C=O) groups is 2. The molecule has 0 spiro atoms. The zero-order chi connectivity index (χ0) is 18.7. The normalized spacial score (nSPS) is 10.4. The number of benzene rings is 1. The molecular formula is C17H16N6O2S. The maximum absolute atomic E-state index is 12.6. The molecule has 0 aliphatic heterocycles. The summed E-state index contributed by atoms with van der Waals surface area (Å²) in [6.45, 7) is 3.54. The van der Waals surface area contributed by atoms with E-state index in [-0.39, 0.29) is 11.6 Å². The lowest BCUT2D eigenvalue weighted by atomic mass is 10.2. The molecule has 0 fully saturated rings. The first-order valence-electron chi connectivity index (χ1n) is 7.67. The lowest BCUT2D eigenvalue weighted by molar-refractivity contribution is 0.0997. The molecule has 0 unspecified atom stereocenters. The Morgan fingerprint density at radius 2 is 1.96 bits per heavy atom. The van der Waals surface area contributed by atoms with Crippen molar-refractivity contribution in [2.45, 2.75) is 13.8 Å². The van der Waals surface area contributed by atoms with Crippen LogP contribution in [0.2, 0.25) is 0 Å². The lowest BCUT2D eigenvalue weighted by Crippen LogP contribution is -2.15. The third kappa shape index (κ3) is 4.01. The molecule has 0 radical (unpaired) electrons. The molecule has 3 aromatic rings. The molecule has 26 heavy (non-hydrogen) atoms. The Morgan fingerprint density at radius 1 is 1.15 bits per heavy atom. The van der Waals surface area contributed by atoms with Crippen molar-refractivity contribution < 1.29 is 9.59 Å². The number of nitrogens with two attached hydrogens (primary N) is 1. The Morgan fingerprint density at radius 3 is 2.69 bits per heavy atom. The standard InChI is InChI=1S/C17H16N6O2S/c1-9-19-7-6-13(20-9)23-16(25)14-17(26-10(2)21-14)22-12-5-3-4-11(8-12)15(18)24/h3-8,22H,1-2H3,(H2,18,24)(H,19,20,23,25). The minimum atomic E-state index is -0.522. The van der Waals surface area contributed by atoms with Crippen LogP contribution in [0.15, 0.2) is 36.5 Å². The largest absolute Gasteiger partial charge is 0.366 e. The molecule has 132 valence electrons. The van der Waals surface area contributed by atoms with E-state index in [0.717, 1.165) is 5.01 Å². The van der Waals surface area contributed by atoms with Gasteiger partial charge in [0.05, 0.1) is 5.01 Å². The van der Waals surface area contributed by atoms with Gasteiger partial charge in [-0.3, -0.25) is 9.59 Å². The van der Waals surface area contributed by atoms with E-state index >= 15 is 0 Å². The molecule has 0 aliphatic carbocycles. The summed E-state index contributed by atoms with van der Waals surface area (Å²) in [5.74, 6) is 0.0425. The van der Waals surface area contributed by atoms with Gasteiger partial charge in [0.25, 0.3) is 5.91 Å². The summed E-state index contributed by atoms with van der Waals surface area (Å²) in [5.41, 5.74) is 6.56. The molecule has 4 N–H and O–H groups in total. The van der Waals surface area contributed by atoms with E-state index in [0.29, 0.717) is 27.9 Å². The second-order valence-corrected chi connectivity index (χ2v) is 6.63. The highest BCUT2D eigenvalue weighted by molar-refractivity contribution is 7.16. The van der Waals surface area contributed by atoms with Crippen molar-refractivity contribution in [3.05, 3.63) is 58.6 Å². The highest BCUT2D eigenvalue weighted by Crippen LogP contribution is 2.28. The first-order valence-corrected chi connectivity index (χ1v) is 8.49. The molecule has 9 heteroatoms. The molecule has 0 atom stereocenters. The summed E-state index contributed by atoms with van der Waals surface area (Å²) in [7, 11) is 0. The zero-order valence-electron chi connectivity index (χ0n) is 14.1. The molecule has 0 saturated carbocycles. The minimum absolute atomic E-state index is 0.244. The highest BCUT2D eigenvalue weighted by atomic mass is 32.1. The number of aryl methyl sites for hydroxylation is 2. The fourth-order valence-corrected chi connectivity index (χ4v) is 3.08. The Kier molecular flexibility index (Phi) is 4.90. The van der Waals surface area contributed by atoms with Crippen LogP contribution in [0.4, 0.5) is 16.5 Å². The molecular weight excluding hydrogens is 352 g/mol. The zero-order valence-corrected chi connectivity index (χ0v) is 14.9. The predicted molar refractivity (Wildman–Crippen MR) is 99.8 cm³/mol. The van der Waals surface area contributed by atoms with Gasteiger partial charge in [0.1, 0.15) is 16.6 Å². The van der Waals surface area contributed by atoms with Gasteiger partial charge >= 0.3 is 0 Å². The number of anilines is 3. The molecule has 1 aromatic carbocycles. The topological polar surface area (TPSA) is 123 Å². The van der Waals surface area contributed by atoms with Gasteiger partial charge in [0, 0.05) is 17.4 Å². The van der Waals surface area contributed by atoms with E-state index in [1.54, 1.807) is 50.4 Å². The van der Waals surface area contributed by atoms with E-state index in [4.69, 9.17) is 5.73 Å². The van der Waals surface area contributed by atoms with Crippen LogP contribution in [0.3, 0.4) is 0 Å². The van der Waals surface area contributed by atoms with Crippen LogP contribution < -0.4 is 16.4 Å². The molecule has 2 heterocycles. The lowest BCUT2D eigenvalue weighted by Gasteiger charge is -2.08. The first-order chi connectivity index (χ1) is 12.4. The Balaban J connectivity index is 1.85. The SMILES string of the molecule is Cc1nccc(NC(=O)c2nc(C)sc2Nc2cccc(C(N)=O)c2)n1. The van der Waals surface area contributed by atoms with Crippen LogP contribution in [0.1, 0.15) is 31.7 Å². The molecule has 2 aromatic heterocycles. The van der Waals surface area contributed by atoms with Crippen molar-refractivity contribution in [2.24, 2.45) is 5.73 Å². The predicted octanol–water partition coefficient (Wildman–Crippen LogP) is 2.64. The van der Waals surface area contributed by atoms with Crippen molar-refractivity contribution in [1.29, 1.82) is 0 Å². The number of carbonyl (C=O) groups excluding carboxylic acids is 2. The highest BCUT2D eigenvalue weighted by Gasteiger charge is 2.18. The second kappa shape index (κ2) is 7.28. The van der Waals surface area contributed by atoms with Gasteiger partial charge in [-0.25, -0.2) is 15.0 Å². The molecule has 0 saturated heterocycles. The molecule has 8 nitrogen and oxygen atoms in total. The van der Waals surface area contributed by atoms with E-state index in [1.165, 1.54) is 11.3 Å². The maximum atomic E-state index is 12.6. The van der Waals surface area contributed by atoms with E-state index < -0.39 is 5.91 Å². The number of hydrogen-bond acceptors (Lipinski definition) is 7. The average Bonchev–Trinajstić information content (AvgIpc) is 2.95. The van der Waals surface area contributed by atoms with Crippen LogP contribution in [-0.2, 0) is 0 Å². The fraction of sp³-hybridized carbons (Fsp3) is 0.118. The number of nitrogens with one attached hydrogen (secondary N) is 2. The number of thiazole rings is 1. The average molecular weight is 368 g/mol. The van der Waals surface area contributed by atoms with Gasteiger partial charge in [-0.1, -0.05) is 6.07 Å². The molecule has 0 bridgehead atoms. The summed E-state index contributed by atoms with van der Waals surface area (Å²) in [4.78, 5) is 36.3. The minimum Gasteiger partial charge on any atom is -0.366 e. The van der Waals surface area contributed by atoms with Crippen molar-refractivity contribution in [1.82, 2.24) is 15.0 Å². The molecule has 0 aliphatic rings. The number of nitrogens with zero attached hydrogens (tertiary/aromatic N) is 3. The first kappa shape index (κ1) is 17.5. The summed E-state index contributed by atoms with van der Waals surface area (Å²) >= 11 is 1.33.